The third-order valence-electron chi connectivity index (χ3n) is 3.72. The van der Waals surface area contributed by atoms with Crippen molar-refractivity contribution in [2.24, 2.45) is 0 Å². The molecule has 6 nitrogen and oxygen atoms in total. The zero-order valence-corrected chi connectivity index (χ0v) is 14.9. The molecular formula is C17H14N4O2S2. The number of nitrogens with two attached hydrogens (primary N) is 1. The van der Waals surface area contributed by atoms with Crippen molar-refractivity contribution in [2.45, 2.75) is 13.5 Å². The maximum atomic E-state index is 12.5. The normalized spacial score (nSPS) is 11.1. The van der Waals surface area contributed by atoms with Gasteiger partial charge in [0.1, 0.15) is 15.5 Å². The number of hydrogen-bond acceptors (Lipinski definition) is 7. The molecule has 0 spiro atoms. The van der Waals surface area contributed by atoms with Crippen LogP contribution in [0.15, 0.2) is 40.3 Å². The third-order valence-corrected chi connectivity index (χ3v) is 5.68. The number of thiophene rings is 2. The van der Waals surface area contributed by atoms with Crippen LogP contribution in [0.3, 0.4) is 0 Å². The van der Waals surface area contributed by atoms with Gasteiger partial charge in [-0.1, -0.05) is 6.07 Å². The second-order valence-electron chi connectivity index (χ2n) is 5.40. The van der Waals surface area contributed by atoms with E-state index < -0.39 is 0 Å². The van der Waals surface area contributed by atoms with Gasteiger partial charge in [0.2, 0.25) is 0 Å². The van der Waals surface area contributed by atoms with Crippen molar-refractivity contribution >= 4 is 44.5 Å². The summed E-state index contributed by atoms with van der Waals surface area (Å²) in [6.45, 7) is 2.19. The van der Waals surface area contributed by atoms with Crippen LogP contribution in [0.4, 0.5) is 5.69 Å². The first-order valence-electron chi connectivity index (χ1n) is 7.54. The minimum atomic E-state index is -0.242. The summed E-state index contributed by atoms with van der Waals surface area (Å²) in [5, 5.41) is 5.54. The van der Waals surface area contributed by atoms with Crippen molar-refractivity contribution in [3.8, 4) is 10.7 Å². The molecule has 0 bridgehead atoms. The van der Waals surface area contributed by atoms with Gasteiger partial charge in [-0.25, -0.2) is 9.97 Å². The van der Waals surface area contributed by atoms with Crippen LogP contribution < -0.4 is 11.1 Å². The number of furan rings is 1. The van der Waals surface area contributed by atoms with Gasteiger partial charge in [-0.2, -0.15) is 0 Å². The summed E-state index contributed by atoms with van der Waals surface area (Å²) in [7, 11) is 0. The molecule has 0 fully saturated rings. The second kappa shape index (κ2) is 6.30. The fraction of sp³-hybridized carbons (Fsp3) is 0.118. The van der Waals surface area contributed by atoms with Crippen LogP contribution in [0, 0.1) is 6.92 Å². The maximum Gasteiger partial charge on any atom is 0.263 e. The Bertz CT molecular complexity index is 1040. The maximum absolute atomic E-state index is 12.5. The highest BCUT2D eigenvalue weighted by atomic mass is 32.1. The molecule has 4 heterocycles. The van der Waals surface area contributed by atoms with Gasteiger partial charge in [0.25, 0.3) is 5.91 Å². The van der Waals surface area contributed by atoms with Crippen LogP contribution >= 0.6 is 22.7 Å². The van der Waals surface area contributed by atoms with E-state index in [1.807, 2.05) is 24.4 Å². The van der Waals surface area contributed by atoms with Crippen LogP contribution in [0.5, 0.6) is 0 Å². The monoisotopic (exact) mass is 370 g/mol. The molecule has 0 radical (unpaired) electrons. The van der Waals surface area contributed by atoms with E-state index in [2.05, 4.69) is 15.3 Å². The molecule has 4 aromatic heterocycles. The van der Waals surface area contributed by atoms with E-state index in [-0.39, 0.29) is 5.91 Å². The minimum absolute atomic E-state index is 0.242. The van der Waals surface area contributed by atoms with Crippen molar-refractivity contribution in [1.82, 2.24) is 15.3 Å². The summed E-state index contributed by atoms with van der Waals surface area (Å²) in [5.74, 6) is 1.10. The van der Waals surface area contributed by atoms with Gasteiger partial charge in [0, 0.05) is 0 Å². The van der Waals surface area contributed by atoms with Crippen LogP contribution in [-0.2, 0) is 6.54 Å². The number of anilines is 1. The molecule has 0 saturated carbocycles. The van der Waals surface area contributed by atoms with Crippen LogP contribution in [0.2, 0.25) is 0 Å². The lowest BCUT2D eigenvalue weighted by Gasteiger charge is -2.02. The number of carbonyl (C=O) groups excluding carboxylic acids is 1. The summed E-state index contributed by atoms with van der Waals surface area (Å²) < 4.78 is 5.22. The first-order chi connectivity index (χ1) is 12.1. The van der Waals surface area contributed by atoms with Gasteiger partial charge >= 0.3 is 0 Å². The number of nitrogens with zero attached hydrogens (tertiary/aromatic N) is 2. The van der Waals surface area contributed by atoms with Gasteiger partial charge in [0.15, 0.2) is 5.82 Å². The van der Waals surface area contributed by atoms with Gasteiger partial charge in [-0.15, -0.1) is 22.7 Å². The number of fused-ring (bicyclic) bond motifs is 1. The Hall–Kier alpha value is -2.71. The molecule has 0 atom stereocenters. The van der Waals surface area contributed by atoms with Crippen molar-refractivity contribution < 1.29 is 9.21 Å². The molecule has 1 amide bonds. The van der Waals surface area contributed by atoms with Crippen molar-refractivity contribution in [2.75, 3.05) is 5.73 Å². The Balaban J connectivity index is 1.69. The second-order valence-corrected chi connectivity index (χ2v) is 7.34. The largest absolute Gasteiger partial charge is 0.467 e. The molecule has 0 saturated heterocycles. The van der Waals surface area contributed by atoms with E-state index in [1.165, 1.54) is 11.3 Å². The number of nitrogens with one attached hydrogen (secondary N) is 1. The molecule has 3 N–H and O–H groups in total. The average molecular weight is 370 g/mol. The first-order valence-corrected chi connectivity index (χ1v) is 9.24. The van der Waals surface area contributed by atoms with Crippen molar-refractivity contribution in [3.05, 3.63) is 52.2 Å². The number of carbonyl (C=O) groups is 1. The predicted octanol–water partition coefficient (Wildman–Crippen LogP) is 3.83. The molecule has 0 aromatic carbocycles. The minimum Gasteiger partial charge on any atom is -0.467 e. The molecule has 126 valence electrons. The van der Waals surface area contributed by atoms with E-state index in [9.17, 15) is 4.79 Å². The predicted molar refractivity (Wildman–Crippen MR) is 99.8 cm³/mol. The summed E-state index contributed by atoms with van der Waals surface area (Å²) in [6, 6.07) is 7.51. The SMILES string of the molecule is Cc1nc(-c2cccs2)nc2sc(C(=O)NCc3ccco3)c(N)c12. The van der Waals surface area contributed by atoms with Gasteiger partial charge < -0.3 is 15.5 Å². The zero-order valence-electron chi connectivity index (χ0n) is 13.3. The Kier molecular flexibility index (Phi) is 3.98. The number of aryl methyl sites for hydroxylation is 1. The van der Waals surface area contributed by atoms with Crippen LogP contribution in [0.1, 0.15) is 21.1 Å². The number of aromatic nitrogens is 2. The Labute approximate surface area is 151 Å². The van der Waals surface area contributed by atoms with E-state index in [1.54, 1.807) is 29.7 Å². The number of rotatable bonds is 4. The standard InChI is InChI=1S/C17H14N4O2S2/c1-9-12-13(18)14(16(22)19-8-10-4-2-6-23-10)25-17(12)21-15(20-9)11-5-3-7-24-11/h2-7H,8,18H2,1H3,(H,19,22). The topological polar surface area (TPSA) is 94.0 Å². The lowest BCUT2D eigenvalue weighted by molar-refractivity contribution is 0.0953. The molecule has 8 heteroatoms. The lowest BCUT2D eigenvalue weighted by Crippen LogP contribution is -2.22. The molecule has 0 aliphatic heterocycles. The molecular weight excluding hydrogens is 356 g/mol. The summed E-state index contributed by atoms with van der Waals surface area (Å²) >= 11 is 2.86. The Morgan fingerprint density at radius 2 is 2.20 bits per heavy atom. The van der Waals surface area contributed by atoms with Gasteiger partial charge in [-0.05, 0) is 30.5 Å². The Morgan fingerprint density at radius 3 is 2.92 bits per heavy atom. The molecule has 25 heavy (non-hydrogen) atoms. The summed E-state index contributed by atoms with van der Waals surface area (Å²) in [5.41, 5.74) is 7.40. The van der Waals surface area contributed by atoms with Crippen LogP contribution in [0.25, 0.3) is 20.9 Å². The van der Waals surface area contributed by atoms with Crippen molar-refractivity contribution in [3.63, 3.8) is 0 Å². The number of amides is 1. The molecule has 0 aliphatic rings. The number of hydrogen-bond donors (Lipinski definition) is 2. The summed E-state index contributed by atoms with van der Waals surface area (Å²) in [4.78, 5) is 23.8. The van der Waals surface area contributed by atoms with Crippen molar-refractivity contribution in [1.29, 1.82) is 0 Å². The fourth-order valence-electron chi connectivity index (χ4n) is 2.54. The highest BCUT2D eigenvalue weighted by Crippen LogP contribution is 2.35. The Morgan fingerprint density at radius 1 is 1.32 bits per heavy atom. The van der Waals surface area contributed by atoms with Gasteiger partial charge in [-0.3, -0.25) is 4.79 Å². The quantitative estimate of drug-likeness (QED) is 0.569. The first kappa shape index (κ1) is 15.8. The summed E-state index contributed by atoms with van der Waals surface area (Å²) in [6.07, 6.45) is 1.57. The van der Waals surface area contributed by atoms with E-state index in [4.69, 9.17) is 10.2 Å². The van der Waals surface area contributed by atoms with E-state index in [0.717, 1.165) is 20.8 Å². The molecule has 0 aliphatic carbocycles. The lowest BCUT2D eigenvalue weighted by atomic mass is 10.2. The fourth-order valence-corrected chi connectivity index (χ4v) is 4.26. The smallest absolute Gasteiger partial charge is 0.263 e. The highest BCUT2D eigenvalue weighted by molar-refractivity contribution is 7.21. The van der Waals surface area contributed by atoms with Gasteiger partial charge in [0.05, 0.1) is 34.5 Å². The van der Waals surface area contributed by atoms with E-state index >= 15 is 0 Å². The molecule has 4 rings (SSSR count). The number of nitrogen functional groups attached to an aromatic ring is 1. The third kappa shape index (κ3) is 2.90. The average Bonchev–Trinajstić information content (AvgIpc) is 3.34. The van der Waals surface area contributed by atoms with Crippen LogP contribution in [-0.4, -0.2) is 15.9 Å². The highest BCUT2D eigenvalue weighted by Gasteiger charge is 2.20. The zero-order chi connectivity index (χ0) is 17.4. The van der Waals surface area contributed by atoms with E-state index in [0.29, 0.717) is 28.7 Å². The molecule has 4 aromatic rings. The molecule has 0 unspecified atom stereocenters.